The molecule has 0 aromatic heterocycles. The van der Waals surface area contributed by atoms with Gasteiger partial charge in [0.05, 0.1) is 0 Å². The number of unbranched alkanes of at least 4 members (excludes halogenated alkanes) is 47. The molecule has 6 heteroatoms. The Balaban J connectivity index is 4.24. The van der Waals surface area contributed by atoms with Crippen LogP contribution in [0.3, 0.4) is 0 Å². The Bertz CT molecular complexity index is 1290. The summed E-state index contributed by atoms with van der Waals surface area (Å²) in [5.74, 6) is -0.878. The fourth-order valence-electron chi connectivity index (χ4n) is 10.5. The number of rotatable bonds is 64. The molecule has 0 spiro atoms. The van der Waals surface area contributed by atoms with Crippen LogP contribution in [-0.4, -0.2) is 37.2 Å². The first-order valence-corrected chi connectivity index (χ1v) is 34.5. The maximum atomic E-state index is 12.9. The van der Waals surface area contributed by atoms with Crippen LogP contribution in [0.25, 0.3) is 0 Å². The predicted molar refractivity (Wildman–Crippen MR) is 335 cm³/mol. The molecule has 0 N–H and O–H groups in total. The van der Waals surface area contributed by atoms with Crippen LogP contribution in [0, 0.1) is 0 Å². The molecular weight excluding hydrogens is 949 g/mol. The van der Waals surface area contributed by atoms with E-state index in [4.69, 9.17) is 14.2 Å². The summed E-state index contributed by atoms with van der Waals surface area (Å²) in [5.41, 5.74) is 0. The minimum Gasteiger partial charge on any atom is -0.462 e. The summed E-state index contributed by atoms with van der Waals surface area (Å²) >= 11 is 0. The Morgan fingerprint density at radius 2 is 0.506 bits per heavy atom. The van der Waals surface area contributed by atoms with Gasteiger partial charge >= 0.3 is 17.9 Å². The number of carbonyl (C=O) groups excluding carboxylic acids is 3. The molecule has 0 aliphatic heterocycles. The van der Waals surface area contributed by atoms with Gasteiger partial charge in [-0.1, -0.05) is 346 Å². The molecule has 452 valence electrons. The lowest BCUT2D eigenvalue weighted by Gasteiger charge is -2.18. The van der Waals surface area contributed by atoms with E-state index in [1.807, 2.05) is 0 Å². The Kier molecular flexibility index (Phi) is 64.1. The molecule has 77 heavy (non-hydrogen) atoms. The molecule has 0 saturated heterocycles. The maximum absolute atomic E-state index is 12.9. The van der Waals surface area contributed by atoms with Crippen molar-refractivity contribution in [1.29, 1.82) is 0 Å². The summed E-state index contributed by atoms with van der Waals surface area (Å²) in [5, 5.41) is 0. The van der Waals surface area contributed by atoms with Gasteiger partial charge in [0, 0.05) is 19.3 Å². The highest BCUT2D eigenvalue weighted by Gasteiger charge is 2.19. The van der Waals surface area contributed by atoms with E-state index in [9.17, 15) is 14.4 Å². The second-order valence-electron chi connectivity index (χ2n) is 23.4. The van der Waals surface area contributed by atoms with Crippen molar-refractivity contribution in [3.8, 4) is 0 Å². The van der Waals surface area contributed by atoms with Crippen molar-refractivity contribution in [3.05, 3.63) is 36.5 Å². The molecule has 0 saturated carbocycles. The molecule has 1 unspecified atom stereocenters. The molecule has 0 bridgehead atoms. The number of carbonyl (C=O) groups is 3. The molecule has 0 rings (SSSR count). The molecule has 0 fully saturated rings. The minimum absolute atomic E-state index is 0.0758. The van der Waals surface area contributed by atoms with Gasteiger partial charge in [-0.2, -0.15) is 0 Å². The summed E-state index contributed by atoms with van der Waals surface area (Å²) in [4.78, 5) is 38.4. The number of hydrogen-bond donors (Lipinski definition) is 0. The molecule has 0 heterocycles. The lowest BCUT2D eigenvalue weighted by atomic mass is 10.0. The van der Waals surface area contributed by atoms with Crippen LogP contribution >= 0.6 is 0 Å². The van der Waals surface area contributed by atoms with Crippen molar-refractivity contribution in [2.24, 2.45) is 0 Å². The van der Waals surface area contributed by atoms with Crippen LogP contribution in [0.15, 0.2) is 36.5 Å². The minimum atomic E-state index is -0.781. The van der Waals surface area contributed by atoms with Crippen molar-refractivity contribution in [1.82, 2.24) is 0 Å². The topological polar surface area (TPSA) is 78.9 Å². The van der Waals surface area contributed by atoms with E-state index in [0.29, 0.717) is 19.3 Å². The van der Waals surface area contributed by atoms with E-state index in [1.54, 1.807) is 0 Å². The highest BCUT2D eigenvalue weighted by Crippen LogP contribution is 2.19. The lowest BCUT2D eigenvalue weighted by Crippen LogP contribution is -2.30. The third kappa shape index (κ3) is 64.3. The zero-order chi connectivity index (χ0) is 55.7. The van der Waals surface area contributed by atoms with Gasteiger partial charge in [-0.15, -0.1) is 0 Å². The summed E-state index contributed by atoms with van der Waals surface area (Å²) in [6, 6.07) is 0. The molecule has 6 nitrogen and oxygen atoms in total. The van der Waals surface area contributed by atoms with Crippen LogP contribution in [0.5, 0.6) is 0 Å². The van der Waals surface area contributed by atoms with E-state index in [1.165, 1.54) is 257 Å². The first kappa shape index (κ1) is 74.6. The molecule has 0 aromatic rings. The standard InChI is InChI=1S/C71H132O6/c1-4-7-10-13-16-19-22-25-27-29-31-33-35-37-39-41-43-46-49-52-55-58-61-64-70(73)76-67-68(66-75-69(72)63-60-57-54-51-48-45-24-21-18-15-12-9-6-3)77-71(74)65-62-59-56-53-50-47-44-42-40-38-36-34-32-30-28-26-23-20-17-14-11-8-5-2/h9,12,18,21,45,48,68H,4-8,10-11,13-17,19-20,22-44,46-47,49-67H2,1-3H3/b12-9-,21-18-,48-45-. The van der Waals surface area contributed by atoms with E-state index >= 15 is 0 Å². The van der Waals surface area contributed by atoms with Crippen LogP contribution in [0.4, 0.5) is 0 Å². The molecule has 0 aliphatic carbocycles. The fourth-order valence-corrected chi connectivity index (χ4v) is 10.5. The first-order valence-electron chi connectivity index (χ1n) is 34.5. The van der Waals surface area contributed by atoms with Crippen molar-refractivity contribution in [2.45, 2.75) is 386 Å². The van der Waals surface area contributed by atoms with Crippen LogP contribution in [-0.2, 0) is 28.6 Å². The van der Waals surface area contributed by atoms with Crippen molar-refractivity contribution >= 4 is 17.9 Å². The van der Waals surface area contributed by atoms with E-state index in [0.717, 1.165) is 83.5 Å². The number of esters is 3. The summed E-state index contributed by atoms with van der Waals surface area (Å²) in [6.07, 6.45) is 81.8. The largest absolute Gasteiger partial charge is 0.462 e. The molecule has 1 atom stereocenters. The van der Waals surface area contributed by atoms with Crippen molar-refractivity contribution in [2.75, 3.05) is 13.2 Å². The Hall–Kier alpha value is -2.37. The maximum Gasteiger partial charge on any atom is 0.306 e. The molecule has 0 amide bonds. The highest BCUT2D eigenvalue weighted by molar-refractivity contribution is 5.71. The van der Waals surface area contributed by atoms with Gasteiger partial charge in [-0.25, -0.2) is 0 Å². The van der Waals surface area contributed by atoms with Gasteiger partial charge in [-0.05, 0) is 51.4 Å². The smallest absolute Gasteiger partial charge is 0.306 e. The van der Waals surface area contributed by atoms with Gasteiger partial charge in [0.2, 0.25) is 0 Å². The molecular formula is C71H132O6. The number of ether oxygens (including phenoxy) is 3. The highest BCUT2D eigenvalue weighted by atomic mass is 16.6. The monoisotopic (exact) mass is 1080 g/mol. The summed E-state index contributed by atoms with van der Waals surface area (Å²) in [7, 11) is 0. The van der Waals surface area contributed by atoms with E-state index < -0.39 is 6.10 Å². The molecule has 0 aromatic carbocycles. The SMILES string of the molecule is CC/C=C\C/C=C\C/C=C\CCCCCC(=O)OCC(COC(=O)CCCCCCCCCCCCCCCCCCCCCCCCC)OC(=O)CCCCCCCCCCCCCCCCCCCCCCCCC. The van der Waals surface area contributed by atoms with Crippen LogP contribution < -0.4 is 0 Å². The Morgan fingerprint density at radius 3 is 0.792 bits per heavy atom. The van der Waals surface area contributed by atoms with Gasteiger partial charge in [0.25, 0.3) is 0 Å². The van der Waals surface area contributed by atoms with E-state index in [-0.39, 0.29) is 31.1 Å². The van der Waals surface area contributed by atoms with Crippen molar-refractivity contribution in [3.63, 3.8) is 0 Å². The summed E-state index contributed by atoms with van der Waals surface area (Å²) < 4.78 is 17.0. The Morgan fingerprint density at radius 1 is 0.273 bits per heavy atom. The second-order valence-corrected chi connectivity index (χ2v) is 23.4. The van der Waals surface area contributed by atoms with Gasteiger partial charge in [-0.3, -0.25) is 14.4 Å². The second kappa shape index (κ2) is 66.1. The normalized spacial score (nSPS) is 12.2. The quantitative estimate of drug-likeness (QED) is 0.0261. The van der Waals surface area contributed by atoms with Crippen LogP contribution in [0.1, 0.15) is 380 Å². The average Bonchev–Trinajstić information content (AvgIpc) is 3.43. The third-order valence-corrected chi connectivity index (χ3v) is 15.7. The zero-order valence-corrected chi connectivity index (χ0v) is 52.0. The van der Waals surface area contributed by atoms with Crippen molar-refractivity contribution < 1.29 is 28.6 Å². The first-order chi connectivity index (χ1) is 38.0. The van der Waals surface area contributed by atoms with Gasteiger partial charge in [0.1, 0.15) is 13.2 Å². The lowest BCUT2D eigenvalue weighted by molar-refractivity contribution is -0.167. The van der Waals surface area contributed by atoms with Gasteiger partial charge in [0.15, 0.2) is 6.10 Å². The van der Waals surface area contributed by atoms with Crippen LogP contribution in [0.2, 0.25) is 0 Å². The average molecular weight is 1080 g/mol. The third-order valence-electron chi connectivity index (χ3n) is 15.7. The predicted octanol–water partition coefficient (Wildman–Crippen LogP) is 23.6. The summed E-state index contributed by atoms with van der Waals surface area (Å²) in [6.45, 7) is 6.58. The van der Waals surface area contributed by atoms with Gasteiger partial charge < -0.3 is 14.2 Å². The number of hydrogen-bond acceptors (Lipinski definition) is 6. The number of allylic oxidation sites excluding steroid dienone is 6. The zero-order valence-electron chi connectivity index (χ0n) is 52.0. The fraction of sp³-hybridized carbons (Fsp3) is 0.873. The van der Waals surface area contributed by atoms with E-state index in [2.05, 4.69) is 57.2 Å². The molecule has 0 radical (unpaired) electrons. The Labute approximate surface area is 480 Å². The molecule has 0 aliphatic rings.